The Labute approximate surface area is 147 Å². The predicted octanol–water partition coefficient (Wildman–Crippen LogP) is 2.55. The number of hydrogen-bond donors (Lipinski definition) is 2. The lowest BCUT2D eigenvalue weighted by Gasteiger charge is -2.13. The molecule has 1 aliphatic rings. The normalized spacial score (nSPS) is 18.5. The molecule has 3 rings (SSSR count). The molecule has 1 heterocycles. The number of hydrogen-bond acceptors (Lipinski definition) is 5. The molecule has 2 aromatic rings. The van der Waals surface area contributed by atoms with Gasteiger partial charge in [0.05, 0.1) is 24.2 Å². The lowest BCUT2D eigenvalue weighted by atomic mass is 10.1. The number of sulfone groups is 1. The number of nitrogens with one attached hydrogen (secondary N) is 2. The monoisotopic (exact) mass is 360 g/mol. The molecule has 0 saturated carbocycles. The lowest BCUT2D eigenvalue weighted by Crippen LogP contribution is -2.20. The van der Waals surface area contributed by atoms with Crippen molar-refractivity contribution in [3.8, 4) is 5.75 Å². The molecule has 2 N–H and O–H groups in total. The topological polar surface area (TPSA) is 84.5 Å². The van der Waals surface area contributed by atoms with Crippen LogP contribution in [0, 0.1) is 0 Å². The fourth-order valence-corrected chi connectivity index (χ4v) is 4.50. The van der Waals surface area contributed by atoms with Gasteiger partial charge in [-0.2, -0.15) is 0 Å². The summed E-state index contributed by atoms with van der Waals surface area (Å²) in [5.41, 5.74) is 1.95. The van der Waals surface area contributed by atoms with Gasteiger partial charge < -0.3 is 15.4 Å². The molecule has 0 aliphatic carbocycles. The highest BCUT2D eigenvalue weighted by atomic mass is 32.2. The van der Waals surface area contributed by atoms with Crippen LogP contribution in [0.3, 0.4) is 0 Å². The number of carbonyl (C=O) groups excluding carboxylic acids is 1. The molecule has 1 fully saturated rings. The average Bonchev–Trinajstić information content (AvgIpc) is 2.95. The number of carbonyl (C=O) groups is 1. The van der Waals surface area contributed by atoms with Crippen molar-refractivity contribution in [2.24, 2.45) is 0 Å². The largest absolute Gasteiger partial charge is 0.496 e. The van der Waals surface area contributed by atoms with Crippen LogP contribution >= 0.6 is 0 Å². The van der Waals surface area contributed by atoms with Gasteiger partial charge in [0.1, 0.15) is 5.75 Å². The van der Waals surface area contributed by atoms with Crippen LogP contribution in [-0.4, -0.2) is 39.0 Å². The maximum absolute atomic E-state index is 12.4. The van der Waals surface area contributed by atoms with Gasteiger partial charge in [-0.25, -0.2) is 8.42 Å². The SMILES string of the molecule is COc1ccccc1C(=O)Nc1ccc(NC2CCS(=O)(=O)C2)cc1. The molecule has 1 atom stereocenters. The molecule has 2 aromatic carbocycles. The van der Waals surface area contributed by atoms with Crippen molar-refractivity contribution in [1.29, 1.82) is 0 Å². The van der Waals surface area contributed by atoms with E-state index in [2.05, 4.69) is 10.6 Å². The second kappa shape index (κ2) is 7.14. The maximum atomic E-state index is 12.4. The first-order chi connectivity index (χ1) is 12.0. The van der Waals surface area contributed by atoms with E-state index in [1.54, 1.807) is 36.4 Å². The number of rotatable bonds is 5. The highest BCUT2D eigenvalue weighted by molar-refractivity contribution is 7.91. The summed E-state index contributed by atoms with van der Waals surface area (Å²) < 4.78 is 28.2. The van der Waals surface area contributed by atoms with Crippen LogP contribution in [0.5, 0.6) is 5.75 Å². The zero-order valence-corrected chi connectivity index (χ0v) is 14.7. The minimum atomic E-state index is -2.91. The second-order valence-corrected chi connectivity index (χ2v) is 8.20. The van der Waals surface area contributed by atoms with Crippen LogP contribution in [-0.2, 0) is 9.84 Å². The van der Waals surface area contributed by atoms with Crippen molar-refractivity contribution in [3.63, 3.8) is 0 Å². The Hall–Kier alpha value is -2.54. The zero-order valence-electron chi connectivity index (χ0n) is 13.9. The molecule has 1 amide bonds. The van der Waals surface area contributed by atoms with Gasteiger partial charge in [-0.15, -0.1) is 0 Å². The summed E-state index contributed by atoms with van der Waals surface area (Å²) in [5.74, 6) is 0.664. The Morgan fingerprint density at radius 1 is 1.08 bits per heavy atom. The fraction of sp³-hybridized carbons (Fsp3) is 0.278. The smallest absolute Gasteiger partial charge is 0.259 e. The lowest BCUT2D eigenvalue weighted by molar-refractivity contribution is 0.102. The Morgan fingerprint density at radius 3 is 2.40 bits per heavy atom. The number of para-hydroxylation sites is 1. The minimum absolute atomic E-state index is 0.0565. The average molecular weight is 360 g/mol. The number of ether oxygens (including phenoxy) is 1. The molecule has 6 nitrogen and oxygen atoms in total. The van der Waals surface area contributed by atoms with Crippen molar-refractivity contribution < 1.29 is 17.9 Å². The number of anilines is 2. The summed E-state index contributed by atoms with van der Waals surface area (Å²) in [4.78, 5) is 12.4. The summed E-state index contributed by atoms with van der Waals surface area (Å²) in [6.07, 6.45) is 0.620. The Balaban J connectivity index is 1.64. The number of amides is 1. The molecule has 1 saturated heterocycles. The molecule has 1 aliphatic heterocycles. The van der Waals surface area contributed by atoms with Crippen molar-refractivity contribution >= 4 is 27.1 Å². The van der Waals surface area contributed by atoms with Crippen molar-refractivity contribution in [3.05, 3.63) is 54.1 Å². The fourth-order valence-electron chi connectivity index (χ4n) is 2.82. The van der Waals surface area contributed by atoms with Crippen LogP contribution < -0.4 is 15.4 Å². The summed E-state index contributed by atoms with van der Waals surface area (Å²) in [7, 11) is -1.38. The molecule has 25 heavy (non-hydrogen) atoms. The van der Waals surface area contributed by atoms with Gasteiger partial charge in [-0.05, 0) is 42.8 Å². The van der Waals surface area contributed by atoms with E-state index in [9.17, 15) is 13.2 Å². The standard InChI is InChI=1S/C18H20N2O4S/c1-24-17-5-3-2-4-16(17)18(21)20-14-8-6-13(7-9-14)19-15-10-11-25(22,23)12-15/h2-9,15,19H,10-12H2,1H3,(H,20,21). The Kier molecular flexibility index (Phi) is 4.94. The van der Waals surface area contributed by atoms with E-state index >= 15 is 0 Å². The molecule has 0 bridgehead atoms. The van der Waals surface area contributed by atoms with E-state index in [1.165, 1.54) is 7.11 Å². The highest BCUT2D eigenvalue weighted by Gasteiger charge is 2.27. The van der Waals surface area contributed by atoms with Gasteiger partial charge in [0, 0.05) is 17.4 Å². The molecule has 0 aromatic heterocycles. The van der Waals surface area contributed by atoms with E-state index in [0.29, 0.717) is 23.4 Å². The number of methoxy groups -OCH3 is 1. The molecular formula is C18H20N2O4S. The summed E-state index contributed by atoms with van der Waals surface area (Å²) >= 11 is 0. The summed E-state index contributed by atoms with van der Waals surface area (Å²) in [6, 6.07) is 14.2. The third-order valence-corrected chi connectivity index (χ3v) is 5.87. The summed E-state index contributed by atoms with van der Waals surface area (Å²) in [6.45, 7) is 0. The first-order valence-electron chi connectivity index (χ1n) is 7.98. The third kappa shape index (κ3) is 4.30. The van der Waals surface area contributed by atoms with Crippen molar-refractivity contribution in [2.75, 3.05) is 29.2 Å². The van der Waals surface area contributed by atoms with Gasteiger partial charge >= 0.3 is 0 Å². The first kappa shape index (κ1) is 17.3. The van der Waals surface area contributed by atoms with Crippen LogP contribution in [0.15, 0.2) is 48.5 Å². The van der Waals surface area contributed by atoms with Crippen LogP contribution in [0.4, 0.5) is 11.4 Å². The highest BCUT2D eigenvalue weighted by Crippen LogP contribution is 2.22. The second-order valence-electron chi connectivity index (χ2n) is 5.98. The quantitative estimate of drug-likeness (QED) is 0.856. The Bertz CT molecular complexity index is 863. The van der Waals surface area contributed by atoms with Gasteiger partial charge in [-0.1, -0.05) is 12.1 Å². The molecule has 1 unspecified atom stereocenters. The molecular weight excluding hydrogens is 340 g/mol. The van der Waals surface area contributed by atoms with Gasteiger partial charge in [-0.3, -0.25) is 4.79 Å². The maximum Gasteiger partial charge on any atom is 0.259 e. The summed E-state index contributed by atoms with van der Waals surface area (Å²) in [5, 5.41) is 6.04. The van der Waals surface area contributed by atoms with E-state index in [1.807, 2.05) is 12.1 Å². The first-order valence-corrected chi connectivity index (χ1v) is 9.80. The van der Waals surface area contributed by atoms with E-state index in [4.69, 9.17) is 4.74 Å². The van der Waals surface area contributed by atoms with Crippen LogP contribution in [0.25, 0.3) is 0 Å². The number of benzene rings is 2. The molecule has 0 radical (unpaired) electrons. The van der Waals surface area contributed by atoms with E-state index in [0.717, 1.165) is 5.69 Å². The van der Waals surface area contributed by atoms with Crippen molar-refractivity contribution in [1.82, 2.24) is 0 Å². The van der Waals surface area contributed by atoms with Gasteiger partial charge in [0.15, 0.2) is 9.84 Å². The molecule has 132 valence electrons. The van der Waals surface area contributed by atoms with Gasteiger partial charge in [0.25, 0.3) is 5.91 Å². The van der Waals surface area contributed by atoms with Crippen LogP contribution in [0.1, 0.15) is 16.8 Å². The minimum Gasteiger partial charge on any atom is -0.496 e. The van der Waals surface area contributed by atoms with Crippen LogP contribution in [0.2, 0.25) is 0 Å². The molecule has 0 spiro atoms. The van der Waals surface area contributed by atoms with E-state index in [-0.39, 0.29) is 23.5 Å². The molecule has 7 heteroatoms. The van der Waals surface area contributed by atoms with Crippen molar-refractivity contribution in [2.45, 2.75) is 12.5 Å². The third-order valence-electron chi connectivity index (χ3n) is 4.10. The van der Waals surface area contributed by atoms with E-state index < -0.39 is 9.84 Å². The zero-order chi connectivity index (χ0) is 17.9. The Morgan fingerprint density at radius 2 is 1.76 bits per heavy atom. The van der Waals surface area contributed by atoms with Gasteiger partial charge in [0.2, 0.25) is 0 Å². The predicted molar refractivity (Wildman–Crippen MR) is 98.1 cm³/mol.